The molecule has 26 valence electrons. The van der Waals surface area contributed by atoms with E-state index in [2.05, 4.69) is 6.72 Å². The van der Waals surface area contributed by atoms with Crippen molar-refractivity contribution < 1.29 is 0 Å². The van der Waals surface area contributed by atoms with Crippen LogP contribution < -0.4 is 0 Å². The van der Waals surface area contributed by atoms with Gasteiger partial charge in [-0.15, -0.1) is 0 Å². The van der Waals surface area contributed by atoms with E-state index < -0.39 is 0 Å². The molecule has 0 aliphatic rings. The SMILES string of the molecule is B#S(=B)SC. The van der Waals surface area contributed by atoms with Gasteiger partial charge in [0.25, 0.3) is 0 Å². The van der Waals surface area contributed by atoms with Crippen molar-refractivity contribution in [2.45, 2.75) is 0 Å². The molecule has 0 rings (SSSR count). The van der Waals surface area contributed by atoms with Gasteiger partial charge < -0.3 is 0 Å². The molecular weight excluding hydrogens is 97.8 g/mol. The van der Waals surface area contributed by atoms with Gasteiger partial charge in [-0.1, -0.05) is 0 Å². The third-order valence-corrected chi connectivity index (χ3v) is 1.93. The van der Waals surface area contributed by atoms with Gasteiger partial charge in [-0.05, 0) is 0 Å². The first-order valence-electron chi connectivity index (χ1n) is 1.10. The summed E-state index contributed by atoms with van der Waals surface area (Å²) in [5.74, 6) is 0. The summed E-state index contributed by atoms with van der Waals surface area (Å²) in [6.45, 7) is 8.70. The summed E-state index contributed by atoms with van der Waals surface area (Å²) >= 11 is 0. The van der Waals surface area contributed by atoms with E-state index >= 15 is 0 Å². The van der Waals surface area contributed by atoms with Gasteiger partial charge in [0.05, 0.1) is 0 Å². The Balaban J connectivity index is 3.39. The summed E-state index contributed by atoms with van der Waals surface area (Å²) < 4.78 is 0. The van der Waals surface area contributed by atoms with Gasteiger partial charge in [-0.3, -0.25) is 0 Å². The van der Waals surface area contributed by atoms with Crippen molar-refractivity contribution in [1.82, 2.24) is 0 Å². The fourth-order valence-electron chi connectivity index (χ4n) is 0. The second kappa shape index (κ2) is 2.91. The standard InChI is InChI=1S/CH4B2S2/c1-4-5(2)3/h2H,1H3. The Morgan fingerprint density at radius 3 is 2.20 bits per heavy atom. The second-order valence-electron chi connectivity index (χ2n) is 0.547. The Morgan fingerprint density at radius 2 is 2.20 bits per heavy atom. The topological polar surface area (TPSA) is 0 Å². The summed E-state index contributed by atoms with van der Waals surface area (Å²) in [5, 5.41) is 0. The van der Waals surface area contributed by atoms with E-state index in [-0.39, 0.29) is 8.59 Å². The number of hydrogen-bond donors (Lipinski definition) is 0. The minimum absolute atomic E-state index is 0.156. The van der Waals surface area contributed by atoms with Crippen LogP contribution in [0.25, 0.3) is 0 Å². The maximum absolute atomic E-state index is 5.17. The molecule has 0 N–H and O–H groups in total. The van der Waals surface area contributed by atoms with Gasteiger partial charge in [0, 0.05) is 0 Å². The van der Waals surface area contributed by atoms with Crippen LogP contribution >= 0.6 is 19.4 Å². The third kappa shape index (κ3) is 4.70. The first kappa shape index (κ1) is 5.70. The Labute approximate surface area is 39.4 Å². The molecule has 0 aromatic heterocycles. The Morgan fingerprint density at radius 1 is 2.00 bits per heavy atom. The van der Waals surface area contributed by atoms with Crippen LogP contribution in [0.15, 0.2) is 0 Å². The molecule has 0 bridgehead atoms. The molecule has 5 heavy (non-hydrogen) atoms. The molecule has 0 radical (unpaired) electrons. The first-order valence-corrected chi connectivity index (χ1v) is 4.30. The molecule has 0 aliphatic heterocycles. The fraction of sp³-hybridized carbons (Fsp3) is 1.00. The van der Waals surface area contributed by atoms with Crippen molar-refractivity contribution in [3.8, 4) is 0 Å². The van der Waals surface area contributed by atoms with Crippen molar-refractivity contribution in [2.75, 3.05) is 6.26 Å². The van der Waals surface area contributed by atoms with Crippen molar-refractivity contribution in [2.24, 2.45) is 0 Å². The average Bonchev–Trinajstić information content (AvgIpc) is 1.38. The van der Waals surface area contributed by atoms with Gasteiger partial charge in [0.1, 0.15) is 0 Å². The van der Waals surface area contributed by atoms with Crippen molar-refractivity contribution in [3.05, 3.63) is 0 Å². The molecule has 0 aromatic carbocycles. The molecule has 0 atom stereocenters. The Hall–Kier alpha value is 0.700. The second-order valence-corrected chi connectivity index (χ2v) is 3.93. The minimum atomic E-state index is -0.156. The maximum atomic E-state index is 5.17. The van der Waals surface area contributed by atoms with Crippen molar-refractivity contribution in [1.29, 1.82) is 0 Å². The normalized spacial score (nSPS) is 7.60. The zero-order valence-electron chi connectivity index (χ0n) is 3.10. The van der Waals surface area contributed by atoms with Crippen LogP contribution in [0.3, 0.4) is 0 Å². The summed E-state index contributed by atoms with van der Waals surface area (Å²) in [6.07, 6.45) is 1.94. The van der Waals surface area contributed by atoms with Crippen LogP contribution in [0, 0.1) is 0 Å². The van der Waals surface area contributed by atoms with Gasteiger partial charge >= 0.3 is 38.9 Å². The van der Waals surface area contributed by atoms with Crippen LogP contribution in [0.2, 0.25) is 0 Å². The molecule has 0 fully saturated rings. The summed E-state index contributed by atoms with van der Waals surface area (Å²) in [5.41, 5.74) is 0. The predicted octanol–water partition coefficient (Wildman–Crippen LogP) is 0.433. The van der Waals surface area contributed by atoms with Crippen LogP contribution in [-0.2, 0) is 0 Å². The Bertz CT molecular complexity index is 109. The quantitative estimate of drug-likeness (QED) is 0.315. The monoisotopic (exact) mass is 102 g/mol. The predicted molar refractivity (Wildman–Crippen MR) is 34.0 cm³/mol. The molecular formula is CH4B2S2. The zero-order valence-corrected chi connectivity index (χ0v) is 4.73. The van der Waals surface area contributed by atoms with E-state index in [0.29, 0.717) is 0 Å². The number of rotatable bonds is 0. The van der Waals surface area contributed by atoms with Gasteiger partial charge in [0.15, 0.2) is 0 Å². The third-order valence-electron chi connectivity index (χ3n) is 0.214. The van der Waals surface area contributed by atoms with E-state index in [1.807, 2.05) is 6.26 Å². The van der Waals surface area contributed by atoms with Crippen molar-refractivity contribution in [3.63, 3.8) is 0 Å². The van der Waals surface area contributed by atoms with Crippen molar-refractivity contribution >= 4 is 32.6 Å². The number of hydrogen-bond acceptors (Lipinski definition) is 1. The Kier molecular flexibility index (Phi) is 3.32. The molecule has 0 aromatic rings. The van der Waals surface area contributed by atoms with E-state index in [1.165, 1.54) is 0 Å². The van der Waals surface area contributed by atoms with Crippen LogP contribution in [-0.4, -0.2) is 19.5 Å². The first-order chi connectivity index (χ1) is 2.27. The molecule has 0 heterocycles. The molecule has 0 aliphatic carbocycles. The summed E-state index contributed by atoms with van der Waals surface area (Å²) in [6, 6.07) is 0. The zero-order chi connectivity index (χ0) is 4.28. The summed E-state index contributed by atoms with van der Waals surface area (Å²) in [4.78, 5) is 0. The molecule has 4 heteroatoms. The molecule has 0 amide bonds. The molecule has 0 unspecified atom stereocenters. The van der Waals surface area contributed by atoms with Gasteiger partial charge in [-0.25, -0.2) is 0 Å². The van der Waals surface area contributed by atoms with Crippen LogP contribution in [0.4, 0.5) is 0 Å². The molecule has 0 saturated heterocycles. The van der Waals surface area contributed by atoms with E-state index in [1.54, 1.807) is 10.8 Å². The molecule has 0 saturated carbocycles. The van der Waals surface area contributed by atoms with Gasteiger partial charge in [-0.2, -0.15) is 0 Å². The van der Waals surface area contributed by atoms with E-state index in [0.717, 1.165) is 0 Å². The van der Waals surface area contributed by atoms with E-state index in [4.69, 9.17) is 6.53 Å². The van der Waals surface area contributed by atoms with Crippen LogP contribution in [0.5, 0.6) is 0 Å². The average molecular weight is 102 g/mol. The molecule has 0 spiro atoms. The molecule has 0 nitrogen and oxygen atoms in total. The fourth-order valence-corrected chi connectivity index (χ4v) is 0. The summed E-state index contributed by atoms with van der Waals surface area (Å²) in [7, 11) is 1.42. The van der Waals surface area contributed by atoms with E-state index in [9.17, 15) is 0 Å². The van der Waals surface area contributed by atoms with Gasteiger partial charge in [0.2, 0.25) is 0 Å². The van der Waals surface area contributed by atoms with Crippen LogP contribution in [0.1, 0.15) is 0 Å².